The monoisotopic (exact) mass is 608 g/mol. The van der Waals surface area contributed by atoms with Crippen molar-refractivity contribution in [1.29, 1.82) is 0 Å². The summed E-state index contributed by atoms with van der Waals surface area (Å²) in [6.45, 7) is 4.79. The van der Waals surface area contributed by atoms with Gasteiger partial charge >= 0.3 is 6.16 Å². The van der Waals surface area contributed by atoms with E-state index in [0.717, 1.165) is 18.4 Å². The minimum absolute atomic E-state index is 0.0262. The van der Waals surface area contributed by atoms with Gasteiger partial charge < -0.3 is 14.6 Å². The third-order valence-corrected chi connectivity index (χ3v) is 12.0. The predicted octanol–water partition coefficient (Wildman–Crippen LogP) is 5.03. The highest BCUT2D eigenvalue weighted by Gasteiger charge is 2.70. The van der Waals surface area contributed by atoms with Gasteiger partial charge in [0.2, 0.25) is 5.78 Å². The first-order valence-corrected chi connectivity index (χ1v) is 16.0. The van der Waals surface area contributed by atoms with E-state index in [1.165, 1.54) is 24.3 Å². The summed E-state index contributed by atoms with van der Waals surface area (Å²) < 4.78 is 41.9. The van der Waals surface area contributed by atoms with Crippen LogP contribution in [0.15, 0.2) is 40.8 Å². The van der Waals surface area contributed by atoms with Crippen LogP contribution in [0.4, 0.5) is 4.79 Å². The summed E-state index contributed by atoms with van der Waals surface area (Å²) in [5.41, 5.74) is -1.98. The number of rotatable bonds is 7. The molecule has 7 atom stereocenters. The normalized spacial score (nSPS) is 36.4. The number of ether oxygens (including phenoxy) is 2. The van der Waals surface area contributed by atoms with Crippen molar-refractivity contribution >= 4 is 39.4 Å². The second-order valence-electron chi connectivity index (χ2n) is 12.3. The molecule has 0 radical (unpaired) electrons. The minimum atomic E-state index is -4.31. The maximum atomic E-state index is 14.0. The average Bonchev–Trinajstić information content (AvgIpc) is 3.20. The minimum Gasteiger partial charge on any atom is -0.435 e. The molecule has 4 aliphatic carbocycles. The third kappa shape index (κ3) is 4.94. The Hall–Kier alpha value is -2.27. The molecule has 1 aromatic rings. The molecule has 4 aliphatic rings. The first-order valence-electron chi connectivity index (χ1n) is 14.2. The Labute approximate surface area is 245 Å². The van der Waals surface area contributed by atoms with Crippen LogP contribution in [0.1, 0.15) is 65.7 Å². The molecule has 1 N–H and O–H groups in total. The van der Waals surface area contributed by atoms with Gasteiger partial charge in [0, 0.05) is 16.9 Å². The number of fused-ring (bicyclic) bond motifs is 5. The first-order chi connectivity index (χ1) is 19.3. The summed E-state index contributed by atoms with van der Waals surface area (Å²) in [7, 11) is -4.31. The Bertz CT molecular complexity index is 1370. The number of halogens is 1. The van der Waals surface area contributed by atoms with Crippen molar-refractivity contribution in [2.45, 2.75) is 82.3 Å². The Kier molecular flexibility index (Phi) is 7.94. The molecule has 0 unspecified atom stereocenters. The molecule has 41 heavy (non-hydrogen) atoms. The first kappa shape index (κ1) is 30.2. The van der Waals surface area contributed by atoms with Crippen LogP contribution in [0, 0.1) is 28.6 Å². The van der Waals surface area contributed by atoms with Gasteiger partial charge in [-0.1, -0.05) is 31.0 Å². The highest BCUT2D eigenvalue weighted by molar-refractivity contribution is 7.86. The van der Waals surface area contributed by atoms with E-state index in [0.29, 0.717) is 24.3 Å². The third-order valence-electron chi connectivity index (χ3n) is 10.4. The number of carbonyl (C=O) groups excluding carboxylic acids is 3. The molecular weight excluding hydrogens is 572 g/mol. The average molecular weight is 609 g/mol. The number of aliphatic hydroxyl groups is 1. The summed E-state index contributed by atoms with van der Waals surface area (Å²) in [5.74, 6) is -0.738. The molecule has 0 bridgehead atoms. The van der Waals surface area contributed by atoms with E-state index in [2.05, 4.69) is 6.92 Å². The number of ketones is 2. The molecule has 3 fully saturated rings. The SMILES string of the molecule is CCOC(=O)O[C@]1(C(=O)COS(=O)(=O)c2ccc(Cl)cc2)CC[C@H]2[C@@H]3CCC4=CC(=O)CC[C@]4(C)[C@H]3[C@@H](O)C[C@@]21C. The zero-order valence-corrected chi connectivity index (χ0v) is 25.1. The second-order valence-corrected chi connectivity index (χ2v) is 14.4. The lowest BCUT2D eigenvalue weighted by Crippen LogP contribution is -2.63. The zero-order valence-electron chi connectivity index (χ0n) is 23.6. The number of carbonyl (C=O) groups is 3. The molecule has 0 aromatic heterocycles. The van der Waals surface area contributed by atoms with Gasteiger partial charge in [0.05, 0.1) is 17.6 Å². The van der Waals surface area contributed by atoms with Gasteiger partial charge in [0.1, 0.15) is 6.61 Å². The molecular formula is C30H37ClO9S. The lowest BCUT2D eigenvalue weighted by Gasteiger charge is -2.60. The molecule has 0 amide bonds. The smallest absolute Gasteiger partial charge is 0.435 e. The quantitative estimate of drug-likeness (QED) is 0.334. The van der Waals surface area contributed by atoms with Crippen molar-refractivity contribution in [2.75, 3.05) is 13.2 Å². The highest BCUT2D eigenvalue weighted by atomic mass is 35.5. The van der Waals surface area contributed by atoms with Crippen LogP contribution < -0.4 is 0 Å². The summed E-state index contributed by atoms with van der Waals surface area (Å²) in [4.78, 5) is 38.8. The fourth-order valence-electron chi connectivity index (χ4n) is 8.56. The molecule has 0 aliphatic heterocycles. The van der Waals surface area contributed by atoms with Crippen molar-refractivity contribution in [2.24, 2.45) is 28.6 Å². The molecule has 0 heterocycles. The maximum Gasteiger partial charge on any atom is 0.509 e. The summed E-state index contributed by atoms with van der Waals surface area (Å²) in [6, 6.07) is 5.37. The predicted molar refractivity (Wildman–Crippen MR) is 149 cm³/mol. The van der Waals surface area contributed by atoms with Crippen LogP contribution in [-0.4, -0.2) is 56.2 Å². The van der Waals surface area contributed by atoms with Gasteiger partial charge in [0.25, 0.3) is 10.1 Å². The van der Waals surface area contributed by atoms with Gasteiger partial charge in [-0.15, -0.1) is 0 Å². The summed E-state index contributed by atoms with van der Waals surface area (Å²) in [5, 5.41) is 12.1. The van der Waals surface area contributed by atoms with Crippen molar-refractivity contribution in [3.05, 3.63) is 40.9 Å². The van der Waals surface area contributed by atoms with Crippen LogP contribution in [-0.2, 0) is 33.4 Å². The molecule has 1 aromatic carbocycles. The number of hydrogen-bond donors (Lipinski definition) is 1. The molecule has 0 saturated heterocycles. The zero-order chi connectivity index (χ0) is 29.8. The number of allylic oxidation sites excluding steroid dienone is 1. The van der Waals surface area contributed by atoms with Crippen LogP contribution in [0.5, 0.6) is 0 Å². The Morgan fingerprint density at radius 2 is 1.80 bits per heavy atom. The second kappa shape index (κ2) is 10.8. The van der Waals surface area contributed by atoms with Crippen molar-refractivity contribution in [1.82, 2.24) is 0 Å². The van der Waals surface area contributed by atoms with Gasteiger partial charge in [-0.05, 0) is 99.0 Å². The van der Waals surface area contributed by atoms with E-state index >= 15 is 0 Å². The topological polar surface area (TPSA) is 133 Å². The fraction of sp³-hybridized carbons (Fsp3) is 0.633. The van der Waals surface area contributed by atoms with Gasteiger partial charge in [-0.3, -0.25) is 13.8 Å². The summed E-state index contributed by atoms with van der Waals surface area (Å²) >= 11 is 5.87. The number of benzene rings is 1. The van der Waals surface area contributed by atoms with E-state index in [4.69, 9.17) is 25.3 Å². The summed E-state index contributed by atoms with van der Waals surface area (Å²) in [6.07, 6.45) is 3.36. The largest absolute Gasteiger partial charge is 0.509 e. The maximum absolute atomic E-state index is 14.0. The lowest BCUT2D eigenvalue weighted by molar-refractivity contribution is -0.186. The van der Waals surface area contributed by atoms with Gasteiger partial charge in [-0.2, -0.15) is 8.42 Å². The van der Waals surface area contributed by atoms with E-state index in [-0.39, 0.29) is 53.3 Å². The molecule has 0 spiro atoms. The highest BCUT2D eigenvalue weighted by Crippen LogP contribution is 2.68. The molecule has 9 nitrogen and oxygen atoms in total. The number of Topliss-reactive ketones (excluding diaryl/α,β-unsaturated/α-hetero) is 1. The van der Waals surface area contributed by atoms with E-state index in [1.54, 1.807) is 13.0 Å². The standard InChI is InChI=1S/C30H37ClO9S/c1-4-38-27(35)40-30(25(34)17-39-41(36,37)21-8-6-19(31)7-9-21)14-12-23-22-10-5-18-15-20(32)11-13-28(18,2)26(22)24(33)16-29(23,30)3/h6-9,15,22-24,26,33H,4-5,10-14,16-17H2,1-3H3/t22-,23-,24-,26+,28-,29-,30-/m0/s1. The van der Waals surface area contributed by atoms with Crippen LogP contribution in [0.3, 0.4) is 0 Å². The lowest BCUT2D eigenvalue weighted by atomic mass is 9.45. The Morgan fingerprint density at radius 1 is 1.10 bits per heavy atom. The number of hydrogen-bond acceptors (Lipinski definition) is 9. The Morgan fingerprint density at radius 3 is 2.49 bits per heavy atom. The number of aliphatic hydroxyl groups excluding tert-OH is 1. The van der Waals surface area contributed by atoms with Crippen LogP contribution in [0.25, 0.3) is 0 Å². The fourth-order valence-corrected chi connectivity index (χ4v) is 9.56. The van der Waals surface area contributed by atoms with E-state index < -0.39 is 45.8 Å². The van der Waals surface area contributed by atoms with Crippen molar-refractivity contribution in [3.63, 3.8) is 0 Å². The van der Waals surface area contributed by atoms with Crippen LogP contribution in [0.2, 0.25) is 5.02 Å². The van der Waals surface area contributed by atoms with Crippen LogP contribution >= 0.6 is 11.6 Å². The van der Waals surface area contributed by atoms with E-state index in [9.17, 15) is 27.9 Å². The Balaban J connectivity index is 1.47. The molecule has 5 rings (SSSR count). The molecule has 11 heteroatoms. The van der Waals surface area contributed by atoms with E-state index in [1.807, 2.05) is 6.92 Å². The van der Waals surface area contributed by atoms with Crippen molar-refractivity contribution < 1.29 is 41.6 Å². The molecule has 224 valence electrons. The molecule has 3 saturated carbocycles. The van der Waals surface area contributed by atoms with Gasteiger partial charge in [-0.25, -0.2) is 4.79 Å². The van der Waals surface area contributed by atoms with Crippen molar-refractivity contribution in [3.8, 4) is 0 Å². The van der Waals surface area contributed by atoms with Gasteiger partial charge in [0.15, 0.2) is 11.4 Å².